The summed E-state index contributed by atoms with van der Waals surface area (Å²) in [6.45, 7) is 2.12. The second-order valence-electron chi connectivity index (χ2n) is 4.82. The number of benzene rings is 1. The highest BCUT2D eigenvalue weighted by molar-refractivity contribution is 5.68. The van der Waals surface area contributed by atoms with Crippen LogP contribution in [0.25, 0.3) is 0 Å². The molecule has 0 saturated carbocycles. The van der Waals surface area contributed by atoms with E-state index >= 15 is 0 Å². The number of rotatable bonds is 2. The number of para-hydroxylation sites is 1. The maximum absolute atomic E-state index is 13.8. The zero-order valence-electron chi connectivity index (χ0n) is 10.5. The summed E-state index contributed by atoms with van der Waals surface area (Å²) in [4.78, 5) is 4.30. The highest BCUT2D eigenvalue weighted by Gasteiger charge is 2.23. The van der Waals surface area contributed by atoms with Crippen LogP contribution in [0.1, 0.15) is 12.8 Å². The number of nitrogens with zero attached hydrogens (tertiary/aromatic N) is 2. The first-order chi connectivity index (χ1) is 8.09. The van der Waals surface area contributed by atoms with Crippen molar-refractivity contribution in [3.05, 3.63) is 24.0 Å². The summed E-state index contributed by atoms with van der Waals surface area (Å²) in [6.07, 6.45) is 2.11. The molecule has 1 heterocycles. The number of hydrogen-bond donors (Lipinski definition) is 1. The van der Waals surface area contributed by atoms with Gasteiger partial charge >= 0.3 is 0 Å². The monoisotopic (exact) mass is 237 g/mol. The first-order valence-corrected chi connectivity index (χ1v) is 6.05. The Bertz CT molecular complexity index is 366. The predicted molar refractivity (Wildman–Crippen MR) is 69.7 cm³/mol. The Hall–Kier alpha value is -1.29. The maximum atomic E-state index is 13.8. The van der Waals surface area contributed by atoms with E-state index in [2.05, 4.69) is 11.9 Å². The Labute approximate surface area is 102 Å². The molecule has 4 heteroatoms. The van der Waals surface area contributed by atoms with Crippen molar-refractivity contribution in [2.24, 2.45) is 0 Å². The van der Waals surface area contributed by atoms with E-state index in [-0.39, 0.29) is 5.82 Å². The van der Waals surface area contributed by atoms with Crippen LogP contribution >= 0.6 is 0 Å². The molecule has 2 N–H and O–H groups in total. The van der Waals surface area contributed by atoms with Crippen LogP contribution in [0.5, 0.6) is 0 Å². The van der Waals surface area contributed by atoms with Gasteiger partial charge in [0.15, 0.2) is 0 Å². The summed E-state index contributed by atoms with van der Waals surface area (Å²) >= 11 is 0. The van der Waals surface area contributed by atoms with Gasteiger partial charge < -0.3 is 15.5 Å². The van der Waals surface area contributed by atoms with Gasteiger partial charge in [0, 0.05) is 13.1 Å². The van der Waals surface area contributed by atoms with Crippen molar-refractivity contribution in [3.63, 3.8) is 0 Å². The van der Waals surface area contributed by atoms with Crippen LogP contribution in [-0.2, 0) is 0 Å². The lowest BCUT2D eigenvalue weighted by molar-refractivity contribution is 0.252. The number of anilines is 2. The number of likely N-dealkylation sites (tertiary alicyclic amines) is 1. The average molecular weight is 237 g/mol. The molecule has 0 atom stereocenters. The maximum Gasteiger partial charge on any atom is 0.148 e. The summed E-state index contributed by atoms with van der Waals surface area (Å²) in [6, 6.07) is 5.25. The van der Waals surface area contributed by atoms with Crippen molar-refractivity contribution in [2.75, 3.05) is 37.8 Å². The Balaban J connectivity index is 2.16. The molecule has 94 valence electrons. The van der Waals surface area contributed by atoms with Gasteiger partial charge in [-0.2, -0.15) is 0 Å². The van der Waals surface area contributed by atoms with Crippen LogP contribution in [0, 0.1) is 5.82 Å². The highest BCUT2D eigenvalue weighted by atomic mass is 19.1. The molecule has 0 unspecified atom stereocenters. The lowest BCUT2D eigenvalue weighted by Gasteiger charge is -2.36. The molecule has 17 heavy (non-hydrogen) atoms. The van der Waals surface area contributed by atoms with Crippen molar-refractivity contribution in [2.45, 2.75) is 18.9 Å². The molecule has 1 aliphatic rings. The fourth-order valence-corrected chi connectivity index (χ4v) is 2.47. The van der Waals surface area contributed by atoms with Crippen LogP contribution in [-0.4, -0.2) is 38.1 Å². The van der Waals surface area contributed by atoms with Gasteiger partial charge in [-0.05, 0) is 45.1 Å². The molecule has 1 saturated heterocycles. The predicted octanol–water partition coefficient (Wildman–Crippen LogP) is 1.94. The van der Waals surface area contributed by atoms with Crippen molar-refractivity contribution < 1.29 is 4.39 Å². The number of hydrogen-bond acceptors (Lipinski definition) is 3. The smallest absolute Gasteiger partial charge is 0.148 e. The average Bonchev–Trinajstić information content (AvgIpc) is 2.29. The number of nitrogens with two attached hydrogens (primary N) is 1. The Morgan fingerprint density at radius 3 is 2.59 bits per heavy atom. The molecule has 1 aromatic rings. The fraction of sp³-hybridized carbons (Fsp3) is 0.538. The second kappa shape index (κ2) is 4.92. The van der Waals surface area contributed by atoms with E-state index in [0.717, 1.165) is 25.9 Å². The molecule has 0 bridgehead atoms. The largest absolute Gasteiger partial charge is 0.397 e. The first kappa shape index (κ1) is 12.2. The van der Waals surface area contributed by atoms with Gasteiger partial charge in [0.2, 0.25) is 0 Å². The molecule has 0 radical (unpaired) electrons. The molecule has 2 rings (SSSR count). The third-order valence-electron chi connectivity index (χ3n) is 3.61. The van der Waals surface area contributed by atoms with Crippen LogP contribution in [0.3, 0.4) is 0 Å². The van der Waals surface area contributed by atoms with Gasteiger partial charge in [-0.3, -0.25) is 0 Å². The van der Waals surface area contributed by atoms with Gasteiger partial charge in [0.1, 0.15) is 5.82 Å². The summed E-state index contributed by atoms with van der Waals surface area (Å²) in [5.41, 5.74) is 6.93. The molecule has 0 amide bonds. The molecule has 1 aromatic carbocycles. The SMILES string of the molecule is CN1CCC(N(C)c2c(N)cccc2F)CC1. The molecule has 3 nitrogen and oxygen atoms in total. The van der Waals surface area contributed by atoms with E-state index in [4.69, 9.17) is 5.73 Å². The quantitative estimate of drug-likeness (QED) is 0.798. The van der Waals surface area contributed by atoms with Crippen molar-refractivity contribution in [1.29, 1.82) is 0 Å². The van der Waals surface area contributed by atoms with Crippen LogP contribution < -0.4 is 10.6 Å². The molecular formula is C13H20FN3. The lowest BCUT2D eigenvalue weighted by atomic mass is 10.0. The number of halogens is 1. The molecule has 1 aliphatic heterocycles. The Kier molecular flexibility index (Phi) is 3.52. The molecular weight excluding hydrogens is 217 g/mol. The van der Waals surface area contributed by atoms with Crippen molar-refractivity contribution in [3.8, 4) is 0 Å². The second-order valence-corrected chi connectivity index (χ2v) is 4.82. The third kappa shape index (κ3) is 2.52. The minimum Gasteiger partial charge on any atom is -0.397 e. The summed E-state index contributed by atoms with van der Waals surface area (Å²) < 4.78 is 13.8. The Morgan fingerprint density at radius 2 is 2.00 bits per heavy atom. The summed E-state index contributed by atoms with van der Waals surface area (Å²) in [5.74, 6) is -0.230. The minimum atomic E-state index is -0.230. The van der Waals surface area contributed by atoms with Crippen molar-refractivity contribution >= 4 is 11.4 Å². The van der Waals surface area contributed by atoms with Gasteiger partial charge in [0.25, 0.3) is 0 Å². The highest BCUT2D eigenvalue weighted by Crippen LogP contribution is 2.29. The first-order valence-electron chi connectivity index (χ1n) is 6.05. The molecule has 0 aliphatic carbocycles. The Morgan fingerprint density at radius 1 is 1.35 bits per heavy atom. The van der Waals surface area contributed by atoms with Gasteiger partial charge in [-0.15, -0.1) is 0 Å². The van der Waals surface area contributed by atoms with Crippen LogP contribution in [0.2, 0.25) is 0 Å². The summed E-state index contributed by atoms with van der Waals surface area (Å²) in [7, 11) is 4.05. The fourth-order valence-electron chi connectivity index (χ4n) is 2.47. The topological polar surface area (TPSA) is 32.5 Å². The van der Waals surface area contributed by atoms with Gasteiger partial charge in [0.05, 0.1) is 11.4 Å². The number of piperidine rings is 1. The van der Waals surface area contributed by atoms with E-state index in [1.54, 1.807) is 12.1 Å². The molecule has 1 fully saturated rings. The van der Waals surface area contributed by atoms with E-state index in [0.29, 0.717) is 17.4 Å². The standard InChI is InChI=1S/C13H20FN3/c1-16-8-6-10(7-9-16)17(2)13-11(14)4-3-5-12(13)15/h3-5,10H,6-9,15H2,1-2H3. The van der Waals surface area contributed by atoms with E-state index in [1.165, 1.54) is 6.07 Å². The normalized spacial score (nSPS) is 18.3. The van der Waals surface area contributed by atoms with Gasteiger partial charge in [-0.1, -0.05) is 6.07 Å². The molecule has 0 spiro atoms. The zero-order chi connectivity index (χ0) is 12.4. The summed E-state index contributed by atoms with van der Waals surface area (Å²) in [5, 5.41) is 0. The zero-order valence-corrected chi connectivity index (χ0v) is 10.5. The minimum absolute atomic E-state index is 0.230. The van der Waals surface area contributed by atoms with Gasteiger partial charge in [-0.25, -0.2) is 4.39 Å². The van der Waals surface area contributed by atoms with Crippen LogP contribution in [0.4, 0.5) is 15.8 Å². The lowest BCUT2D eigenvalue weighted by Crippen LogP contribution is -2.42. The van der Waals surface area contributed by atoms with Crippen LogP contribution in [0.15, 0.2) is 18.2 Å². The van der Waals surface area contributed by atoms with E-state index in [9.17, 15) is 4.39 Å². The van der Waals surface area contributed by atoms with E-state index in [1.807, 2.05) is 11.9 Å². The van der Waals surface area contributed by atoms with E-state index < -0.39 is 0 Å². The third-order valence-corrected chi connectivity index (χ3v) is 3.61. The number of nitrogen functional groups attached to an aromatic ring is 1. The molecule has 0 aromatic heterocycles. The van der Waals surface area contributed by atoms with Crippen molar-refractivity contribution in [1.82, 2.24) is 4.90 Å².